The Morgan fingerprint density at radius 2 is 1.93 bits per heavy atom. The van der Waals surface area contributed by atoms with E-state index in [2.05, 4.69) is 10.3 Å². The van der Waals surface area contributed by atoms with E-state index in [0.29, 0.717) is 33.9 Å². The minimum Gasteiger partial charge on any atom is -0.484 e. The summed E-state index contributed by atoms with van der Waals surface area (Å²) >= 11 is 0. The van der Waals surface area contributed by atoms with Crippen LogP contribution in [0.4, 0.5) is 8.78 Å². The normalized spacial score (nSPS) is 10.9. The molecule has 4 aromatic rings. The van der Waals surface area contributed by atoms with Gasteiger partial charge in [-0.25, -0.2) is 13.8 Å². The molecule has 0 unspecified atom stereocenters. The van der Waals surface area contributed by atoms with Crippen molar-refractivity contribution in [3.8, 4) is 28.3 Å². The molecule has 0 fully saturated rings. The number of fused-ring (bicyclic) bond motifs is 1. The van der Waals surface area contributed by atoms with Gasteiger partial charge in [0.25, 0.3) is 5.91 Å². The summed E-state index contributed by atoms with van der Waals surface area (Å²) in [4.78, 5) is 15.8. The molecule has 0 radical (unpaired) electrons. The van der Waals surface area contributed by atoms with Crippen LogP contribution in [0.1, 0.15) is 0 Å². The van der Waals surface area contributed by atoms with Crippen LogP contribution < -0.4 is 10.1 Å². The fraction of sp³-hybridized carbons (Fsp3) is 0.0909. The molecule has 0 atom stereocenters. The maximum atomic E-state index is 14.1. The summed E-state index contributed by atoms with van der Waals surface area (Å²) in [5, 5.41) is 2.48. The second-order valence-electron chi connectivity index (χ2n) is 6.32. The summed E-state index contributed by atoms with van der Waals surface area (Å²) in [7, 11) is 1.53. The van der Waals surface area contributed by atoms with Gasteiger partial charge in [-0.3, -0.25) is 4.79 Å². The number of carbonyl (C=O) groups is 1. The number of ether oxygens (including phenoxy) is 1. The second-order valence-corrected chi connectivity index (χ2v) is 6.32. The predicted molar refractivity (Wildman–Crippen MR) is 104 cm³/mol. The van der Waals surface area contributed by atoms with E-state index < -0.39 is 11.6 Å². The van der Waals surface area contributed by atoms with Crippen LogP contribution in [0.5, 0.6) is 5.75 Å². The molecule has 29 heavy (non-hydrogen) atoms. The van der Waals surface area contributed by atoms with Gasteiger partial charge in [-0.05, 0) is 48.0 Å². The van der Waals surface area contributed by atoms with E-state index in [1.54, 1.807) is 42.5 Å². The van der Waals surface area contributed by atoms with Crippen LogP contribution in [0, 0.1) is 11.6 Å². The van der Waals surface area contributed by atoms with Gasteiger partial charge in [-0.15, -0.1) is 0 Å². The average molecular weight is 394 g/mol. The Morgan fingerprint density at radius 1 is 1.07 bits per heavy atom. The number of oxazole rings is 1. The first-order chi connectivity index (χ1) is 14.0. The number of hydrogen-bond donors (Lipinski definition) is 1. The van der Waals surface area contributed by atoms with Gasteiger partial charge < -0.3 is 14.5 Å². The summed E-state index contributed by atoms with van der Waals surface area (Å²) in [5.41, 5.74) is 2.57. The molecule has 7 heteroatoms. The minimum absolute atomic E-state index is 0.0971. The van der Waals surface area contributed by atoms with Crippen LogP contribution in [0.25, 0.3) is 33.7 Å². The Hall–Kier alpha value is -3.74. The first-order valence-electron chi connectivity index (χ1n) is 8.83. The third kappa shape index (κ3) is 3.94. The predicted octanol–water partition coefficient (Wildman–Crippen LogP) is 4.56. The van der Waals surface area contributed by atoms with E-state index in [1.165, 1.54) is 19.2 Å². The van der Waals surface area contributed by atoms with Crippen molar-refractivity contribution in [3.05, 3.63) is 72.3 Å². The van der Waals surface area contributed by atoms with Gasteiger partial charge in [-0.2, -0.15) is 0 Å². The van der Waals surface area contributed by atoms with Crippen molar-refractivity contribution in [3.63, 3.8) is 0 Å². The van der Waals surface area contributed by atoms with Crippen LogP contribution in [0.15, 0.2) is 65.1 Å². The monoisotopic (exact) mass is 394 g/mol. The summed E-state index contributed by atoms with van der Waals surface area (Å²) < 4.78 is 38.5. The largest absolute Gasteiger partial charge is 0.484 e. The van der Waals surface area contributed by atoms with Gasteiger partial charge in [0.1, 0.15) is 22.9 Å². The van der Waals surface area contributed by atoms with Crippen molar-refractivity contribution in [2.45, 2.75) is 0 Å². The molecular weight excluding hydrogens is 378 g/mol. The Bertz CT molecular complexity index is 1200. The number of halogens is 2. The Morgan fingerprint density at radius 3 is 2.72 bits per heavy atom. The summed E-state index contributed by atoms with van der Waals surface area (Å²) in [6.45, 7) is -0.0971. The van der Waals surface area contributed by atoms with Crippen LogP contribution >= 0.6 is 0 Å². The average Bonchev–Trinajstić information content (AvgIpc) is 3.15. The number of carbonyl (C=O) groups excluding carboxylic acids is 1. The van der Waals surface area contributed by atoms with Gasteiger partial charge in [0.2, 0.25) is 5.89 Å². The highest BCUT2D eigenvalue weighted by Gasteiger charge is 2.13. The van der Waals surface area contributed by atoms with Crippen molar-refractivity contribution in [2.24, 2.45) is 0 Å². The van der Waals surface area contributed by atoms with Gasteiger partial charge >= 0.3 is 0 Å². The number of likely N-dealkylation sites (N-methyl/N-ethyl adjacent to an activating group) is 1. The van der Waals surface area contributed by atoms with Gasteiger partial charge in [0.05, 0.1) is 0 Å². The smallest absolute Gasteiger partial charge is 0.257 e. The lowest BCUT2D eigenvalue weighted by Gasteiger charge is -2.05. The lowest BCUT2D eigenvalue weighted by atomic mass is 10.0. The molecule has 1 N–H and O–H groups in total. The molecule has 0 saturated heterocycles. The molecule has 0 bridgehead atoms. The minimum atomic E-state index is -0.648. The number of nitrogens with zero attached hydrogens (tertiary/aromatic N) is 1. The van der Waals surface area contributed by atoms with Gasteiger partial charge in [0.15, 0.2) is 12.2 Å². The van der Waals surface area contributed by atoms with Crippen LogP contribution in [0.3, 0.4) is 0 Å². The third-order valence-electron chi connectivity index (χ3n) is 4.36. The van der Waals surface area contributed by atoms with Gasteiger partial charge in [0, 0.05) is 24.2 Å². The fourth-order valence-electron chi connectivity index (χ4n) is 2.88. The maximum Gasteiger partial charge on any atom is 0.257 e. The van der Waals surface area contributed by atoms with Crippen molar-refractivity contribution in [1.29, 1.82) is 0 Å². The number of aromatic nitrogens is 1. The number of amides is 1. The van der Waals surface area contributed by atoms with E-state index in [0.717, 1.165) is 6.07 Å². The number of hydrogen-bond acceptors (Lipinski definition) is 4. The number of nitrogens with one attached hydrogen (secondary N) is 1. The highest BCUT2D eigenvalue weighted by molar-refractivity contribution is 5.82. The zero-order valence-electron chi connectivity index (χ0n) is 15.4. The quantitative estimate of drug-likeness (QED) is 0.539. The van der Waals surface area contributed by atoms with Crippen LogP contribution in [-0.4, -0.2) is 24.5 Å². The van der Waals surface area contributed by atoms with Crippen molar-refractivity contribution in [1.82, 2.24) is 10.3 Å². The maximum absolute atomic E-state index is 14.1. The van der Waals surface area contributed by atoms with Gasteiger partial charge in [-0.1, -0.05) is 12.1 Å². The fourth-order valence-corrected chi connectivity index (χ4v) is 2.88. The Kier molecular flexibility index (Phi) is 4.95. The van der Waals surface area contributed by atoms with E-state index in [4.69, 9.17) is 9.15 Å². The SMILES string of the molecule is CNC(=O)COc1cccc(-c2nc3ccc(-c4ccc(F)cc4F)cc3o2)c1. The number of rotatable bonds is 5. The first kappa shape index (κ1) is 18.6. The topological polar surface area (TPSA) is 64.4 Å². The van der Waals surface area contributed by atoms with Crippen molar-refractivity contribution in [2.75, 3.05) is 13.7 Å². The van der Waals surface area contributed by atoms with E-state index in [1.807, 2.05) is 0 Å². The molecule has 4 rings (SSSR count). The zero-order chi connectivity index (χ0) is 20.4. The molecule has 1 aromatic heterocycles. The summed E-state index contributed by atoms with van der Waals surface area (Å²) in [5.74, 6) is -0.653. The summed E-state index contributed by atoms with van der Waals surface area (Å²) in [6, 6.07) is 15.5. The second kappa shape index (κ2) is 7.71. The molecule has 1 heterocycles. The molecule has 146 valence electrons. The van der Waals surface area contributed by atoms with Crippen LogP contribution in [-0.2, 0) is 4.79 Å². The molecule has 3 aromatic carbocycles. The third-order valence-corrected chi connectivity index (χ3v) is 4.36. The van der Waals surface area contributed by atoms with Crippen molar-refractivity contribution >= 4 is 17.0 Å². The van der Waals surface area contributed by atoms with E-state index >= 15 is 0 Å². The highest BCUT2D eigenvalue weighted by atomic mass is 19.1. The standard InChI is InChI=1S/C22H16F2N2O3/c1-25-21(27)12-28-16-4-2-3-14(9-16)22-26-19-8-5-13(10-20(19)29-22)17-7-6-15(23)11-18(17)24/h2-11H,12H2,1H3,(H,25,27). The molecule has 0 aliphatic rings. The van der Waals surface area contributed by atoms with E-state index in [-0.39, 0.29) is 18.1 Å². The lowest BCUT2D eigenvalue weighted by Crippen LogP contribution is -2.24. The Balaban J connectivity index is 1.65. The van der Waals surface area contributed by atoms with Crippen LogP contribution in [0.2, 0.25) is 0 Å². The molecule has 0 saturated carbocycles. The summed E-state index contributed by atoms with van der Waals surface area (Å²) in [6.07, 6.45) is 0. The molecule has 1 amide bonds. The molecule has 5 nitrogen and oxygen atoms in total. The zero-order valence-corrected chi connectivity index (χ0v) is 15.4. The number of benzene rings is 3. The molecule has 0 aliphatic carbocycles. The first-order valence-corrected chi connectivity index (χ1v) is 8.83. The Labute approximate surface area is 164 Å². The van der Waals surface area contributed by atoms with Crippen molar-refractivity contribution < 1.29 is 22.7 Å². The lowest BCUT2D eigenvalue weighted by molar-refractivity contribution is -0.122. The molecule has 0 spiro atoms. The highest BCUT2D eigenvalue weighted by Crippen LogP contribution is 2.31. The molecule has 0 aliphatic heterocycles. The van der Waals surface area contributed by atoms with E-state index in [9.17, 15) is 13.6 Å². The molecular formula is C22H16F2N2O3.